The van der Waals surface area contributed by atoms with Crippen LogP contribution < -0.4 is 9.47 Å². The van der Waals surface area contributed by atoms with Gasteiger partial charge in [-0.15, -0.1) is 0 Å². The third-order valence-corrected chi connectivity index (χ3v) is 4.37. The number of furan rings is 1. The van der Waals surface area contributed by atoms with E-state index in [9.17, 15) is 0 Å². The van der Waals surface area contributed by atoms with Crippen molar-refractivity contribution in [2.24, 2.45) is 0 Å². The molecule has 0 saturated heterocycles. The van der Waals surface area contributed by atoms with Crippen LogP contribution in [0.15, 0.2) is 28.7 Å². The largest absolute Gasteiger partial charge is 0.495 e. The molecule has 5 heteroatoms. The Bertz CT molecular complexity index is 595. The van der Waals surface area contributed by atoms with Gasteiger partial charge in [0.2, 0.25) is 0 Å². The predicted octanol–water partition coefficient (Wildman–Crippen LogP) is 5.00. The quantitative estimate of drug-likeness (QED) is 0.704. The maximum absolute atomic E-state index is 6.28. The molecule has 0 radical (unpaired) electrons. The predicted molar refractivity (Wildman–Crippen MR) is 83.4 cm³/mol. The van der Waals surface area contributed by atoms with Crippen LogP contribution in [0.5, 0.6) is 11.5 Å². The Balaban J connectivity index is 2.43. The lowest BCUT2D eigenvalue weighted by molar-refractivity contribution is 0.390. The number of hydrogen-bond acceptors (Lipinski definition) is 3. The first kappa shape index (κ1) is 15.3. The number of hydrogen-bond donors (Lipinski definition) is 0. The van der Waals surface area contributed by atoms with Gasteiger partial charge in [-0.2, -0.15) is 0 Å². The zero-order valence-electron chi connectivity index (χ0n) is 11.6. The van der Waals surface area contributed by atoms with Crippen LogP contribution in [0.25, 0.3) is 0 Å². The normalized spacial score (nSPS) is 12.2. The highest BCUT2D eigenvalue weighted by Crippen LogP contribution is 2.44. The second-order valence-electron chi connectivity index (χ2n) is 4.22. The number of aryl methyl sites for hydroxylation is 1. The zero-order chi connectivity index (χ0) is 14.7. The molecule has 0 fully saturated rings. The van der Waals surface area contributed by atoms with E-state index in [0.29, 0.717) is 16.5 Å². The standard InChI is InChI=1S/C15H16BrClO3/c1-4-9-5-7-11(20-9)13(16)10-6-8-12(18-2)14(17)15(10)19-3/h5-8,13H,4H2,1-3H3. The van der Waals surface area contributed by atoms with Gasteiger partial charge in [0, 0.05) is 12.0 Å². The molecule has 0 bridgehead atoms. The van der Waals surface area contributed by atoms with Gasteiger partial charge in [-0.3, -0.25) is 0 Å². The van der Waals surface area contributed by atoms with E-state index in [4.69, 9.17) is 25.5 Å². The van der Waals surface area contributed by atoms with Gasteiger partial charge >= 0.3 is 0 Å². The van der Waals surface area contributed by atoms with Crippen molar-refractivity contribution in [2.45, 2.75) is 18.2 Å². The van der Waals surface area contributed by atoms with Crippen molar-refractivity contribution in [3.8, 4) is 11.5 Å². The van der Waals surface area contributed by atoms with Crippen molar-refractivity contribution in [3.05, 3.63) is 46.4 Å². The van der Waals surface area contributed by atoms with E-state index >= 15 is 0 Å². The van der Waals surface area contributed by atoms with Gasteiger partial charge in [-0.1, -0.05) is 34.5 Å². The lowest BCUT2D eigenvalue weighted by Gasteiger charge is -2.16. The molecule has 0 aliphatic heterocycles. The van der Waals surface area contributed by atoms with Gasteiger partial charge in [0.1, 0.15) is 32.9 Å². The molecule has 1 heterocycles. The van der Waals surface area contributed by atoms with Crippen LogP contribution in [0.3, 0.4) is 0 Å². The van der Waals surface area contributed by atoms with Gasteiger partial charge in [-0.25, -0.2) is 0 Å². The minimum atomic E-state index is -0.124. The number of halogens is 2. The third kappa shape index (κ3) is 2.81. The number of benzene rings is 1. The Morgan fingerprint density at radius 3 is 2.50 bits per heavy atom. The Morgan fingerprint density at radius 2 is 1.95 bits per heavy atom. The summed E-state index contributed by atoms with van der Waals surface area (Å²) in [6.07, 6.45) is 0.861. The van der Waals surface area contributed by atoms with Crippen molar-refractivity contribution in [1.29, 1.82) is 0 Å². The molecular formula is C15H16BrClO3. The van der Waals surface area contributed by atoms with Gasteiger partial charge < -0.3 is 13.9 Å². The van der Waals surface area contributed by atoms with Crippen LogP contribution in [-0.2, 0) is 6.42 Å². The first-order valence-corrected chi connectivity index (χ1v) is 7.54. The van der Waals surface area contributed by atoms with E-state index in [-0.39, 0.29) is 4.83 Å². The molecule has 0 saturated carbocycles. The highest BCUT2D eigenvalue weighted by Gasteiger charge is 2.22. The highest BCUT2D eigenvalue weighted by atomic mass is 79.9. The fraction of sp³-hybridized carbons (Fsp3) is 0.333. The average molecular weight is 360 g/mol. The van der Waals surface area contributed by atoms with E-state index in [1.807, 2.05) is 24.3 Å². The number of ether oxygens (including phenoxy) is 2. The summed E-state index contributed by atoms with van der Waals surface area (Å²) >= 11 is 9.91. The second-order valence-corrected chi connectivity index (χ2v) is 5.52. The van der Waals surface area contributed by atoms with Crippen molar-refractivity contribution in [2.75, 3.05) is 14.2 Å². The molecule has 0 amide bonds. The molecule has 0 aliphatic carbocycles. The average Bonchev–Trinajstić information content (AvgIpc) is 2.95. The van der Waals surface area contributed by atoms with Crippen molar-refractivity contribution < 1.29 is 13.9 Å². The SMILES string of the molecule is CCc1ccc(C(Br)c2ccc(OC)c(Cl)c2OC)o1. The van der Waals surface area contributed by atoms with E-state index in [2.05, 4.69) is 22.9 Å². The highest BCUT2D eigenvalue weighted by molar-refractivity contribution is 9.09. The lowest BCUT2D eigenvalue weighted by atomic mass is 10.1. The molecule has 0 spiro atoms. The number of rotatable bonds is 5. The minimum absolute atomic E-state index is 0.124. The Kier molecular flexibility index (Phi) is 5.00. The fourth-order valence-electron chi connectivity index (χ4n) is 1.99. The topological polar surface area (TPSA) is 31.6 Å². The summed E-state index contributed by atoms with van der Waals surface area (Å²) in [5.74, 6) is 2.94. The monoisotopic (exact) mass is 358 g/mol. The molecule has 108 valence electrons. The number of methoxy groups -OCH3 is 2. The maximum atomic E-state index is 6.28. The summed E-state index contributed by atoms with van der Waals surface area (Å²) in [5.41, 5.74) is 0.898. The summed E-state index contributed by atoms with van der Waals surface area (Å²) < 4.78 is 16.4. The van der Waals surface area contributed by atoms with Crippen molar-refractivity contribution >= 4 is 27.5 Å². The third-order valence-electron chi connectivity index (χ3n) is 3.07. The van der Waals surface area contributed by atoms with Crippen LogP contribution in [0.1, 0.15) is 28.8 Å². The minimum Gasteiger partial charge on any atom is -0.495 e. The Labute approximate surface area is 132 Å². The molecule has 1 atom stereocenters. The number of alkyl halides is 1. The van der Waals surface area contributed by atoms with E-state index < -0.39 is 0 Å². The maximum Gasteiger partial charge on any atom is 0.146 e. The summed E-state index contributed by atoms with van der Waals surface area (Å²) in [6.45, 7) is 2.05. The molecule has 2 aromatic rings. The molecular weight excluding hydrogens is 344 g/mol. The molecule has 1 unspecified atom stereocenters. The Hall–Kier alpha value is -1.13. The lowest BCUT2D eigenvalue weighted by Crippen LogP contribution is -1.98. The van der Waals surface area contributed by atoms with Gasteiger partial charge in [-0.05, 0) is 24.3 Å². The van der Waals surface area contributed by atoms with E-state index in [1.165, 1.54) is 0 Å². The zero-order valence-corrected chi connectivity index (χ0v) is 13.9. The molecule has 1 aromatic heterocycles. The summed E-state index contributed by atoms with van der Waals surface area (Å²) in [4.78, 5) is -0.124. The van der Waals surface area contributed by atoms with Crippen LogP contribution in [0, 0.1) is 0 Å². The smallest absolute Gasteiger partial charge is 0.146 e. The van der Waals surface area contributed by atoms with Crippen LogP contribution in [0.2, 0.25) is 5.02 Å². The fourth-order valence-corrected chi connectivity index (χ4v) is 2.92. The van der Waals surface area contributed by atoms with E-state index in [1.54, 1.807) is 14.2 Å². The van der Waals surface area contributed by atoms with Crippen molar-refractivity contribution in [3.63, 3.8) is 0 Å². The Morgan fingerprint density at radius 1 is 1.20 bits per heavy atom. The summed E-state index contributed by atoms with van der Waals surface area (Å²) in [6, 6.07) is 7.66. The van der Waals surface area contributed by atoms with Crippen LogP contribution >= 0.6 is 27.5 Å². The molecule has 1 aromatic carbocycles. The molecule has 0 aliphatic rings. The van der Waals surface area contributed by atoms with Crippen LogP contribution in [0.4, 0.5) is 0 Å². The molecule has 2 rings (SSSR count). The van der Waals surface area contributed by atoms with Crippen molar-refractivity contribution in [1.82, 2.24) is 0 Å². The van der Waals surface area contributed by atoms with E-state index in [0.717, 1.165) is 23.5 Å². The summed E-state index contributed by atoms with van der Waals surface area (Å²) in [7, 11) is 3.16. The second kappa shape index (κ2) is 6.55. The molecule has 20 heavy (non-hydrogen) atoms. The first-order chi connectivity index (χ1) is 9.62. The van der Waals surface area contributed by atoms with Gasteiger partial charge in [0.25, 0.3) is 0 Å². The van der Waals surface area contributed by atoms with Gasteiger partial charge in [0.15, 0.2) is 0 Å². The molecule has 0 N–H and O–H groups in total. The van der Waals surface area contributed by atoms with Crippen LogP contribution in [-0.4, -0.2) is 14.2 Å². The summed E-state index contributed by atoms with van der Waals surface area (Å²) in [5, 5.41) is 0.458. The molecule has 3 nitrogen and oxygen atoms in total. The first-order valence-electron chi connectivity index (χ1n) is 6.25. The van der Waals surface area contributed by atoms with Gasteiger partial charge in [0.05, 0.1) is 14.2 Å².